The van der Waals surface area contributed by atoms with Gasteiger partial charge in [0, 0.05) is 52.7 Å². The first-order valence-corrected chi connectivity index (χ1v) is 19.4. The molecule has 13 aromatic rings. The van der Waals surface area contributed by atoms with Crippen molar-refractivity contribution in [2.45, 2.75) is 0 Å². The van der Waals surface area contributed by atoms with Crippen molar-refractivity contribution in [1.82, 2.24) is 14.5 Å². The van der Waals surface area contributed by atoms with E-state index in [2.05, 4.69) is 156 Å². The first-order chi connectivity index (χ1) is 27.3. The Morgan fingerprint density at radius 2 is 1.07 bits per heavy atom. The monoisotopic (exact) mass is 717 g/mol. The molecule has 0 atom stereocenters. The van der Waals surface area contributed by atoms with Gasteiger partial charge in [-0.3, -0.25) is 4.57 Å². The lowest BCUT2D eigenvalue weighted by atomic mass is 9.91. The Morgan fingerprint density at radius 1 is 0.436 bits per heavy atom. The Morgan fingerprint density at radius 3 is 1.91 bits per heavy atom. The normalized spacial score (nSPS) is 12.4. The summed E-state index contributed by atoms with van der Waals surface area (Å²) in [7, 11) is 0. The third kappa shape index (κ3) is 3.89. The molecular weight excluding hydrogens is 691 g/mol. The van der Waals surface area contributed by atoms with E-state index in [9.17, 15) is 0 Å². The van der Waals surface area contributed by atoms with Crippen LogP contribution in [0.15, 0.2) is 168 Å². The fraction of sp³-hybridized carbons (Fsp3) is 0. The van der Waals surface area contributed by atoms with Crippen molar-refractivity contribution >= 4 is 118 Å². The maximum absolute atomic E-state index is 6.71. The van der Waals surface area contributed by atoms with Crippen LogP contribution in [0.25, 0.3) is 124 Å². The first kappa shape index (κ1) is 29.4. The van der Waals surface area contributed by atoms with Crippen LogP contribution in [0, 0.1) is 0 Å². The van der Waals surface area contributed by atoms with Crippen molar-refractivity contribution in [1.29, 1.82) is 0 Å². The van der Waals surface area contributed by atoms with Crippen molar-refractivity contribution in [3.05, 3.63) is 164 Å². The number of hydrogen-bond donors (Lipinski definition) is 0. The van der Waals surface area contributed by atoms with E-state index in [0.29, 0.717) is 11.5 Å². The maximum Gasteiger partial charge on any atom is 0.236 e. The molecule has 5 heteroatoms. The molecule has 4 heterocycles. The van der Waals surface area contributed by atoms with Crippen LogP contribution in [0.2, 0.25) is 0 Å². The van der Waals surface area contributed by atoms with Gasteiger partial charge in [0.25, 0.3) is 0 Å². The highest BCUT2D eigenvalue weighted by molar-refractivity contribution is 7.25. The zero-order valence-electron chi connectivity index (χ0n) is 29.2. The molecular formula is C50H27N3OS. The number of rotatable bonds is 2. The largest absolute Gasteiger partial charge is 0.452 e. The summed E-state index contributed by atoms with van der Waals surface area (Å²) in [5.41, 5.74) is 6.28. The molecule has 0 fully saturated rings. The number of benzene rings is 9. The molecule has 0 aliphatic heterocycles. The fourth-order valence-electron chi connectivity index (χ4n) is 9.30. The number of aromatic nitrogens is 3. The molecule has 0 bridgehead atoms. The Balaban J connectivity index is 1.25. The average Bonchev–Trinajstić information content (AvgIpc) is 3.93. The number of nitrogens with zero attached hydrogens (tertiary/aromatic N) is 3. The van der Waals surface area contributed by atoms with E-state index in [1.807, 2.05) is 23.5 Å². The number of fused-ring (bicyclic) bond motifs is 18. The van der Waals surface area contributed by atoms with Gasteiger partial charge in [0.2, 0.25) is 5.95 Å². The molecule has 4 aromatic heterocycles. The van der Waals surface area contributed by atoms with Gasteiger partial charge in [0.05, 0.1) is 11.0 Å². The second kappa shape index (κ2) is 10.8. The van der Waals surface area contributed by atoms with Crippen molar-refractivity contribution in [2.75, 3.05) is 0 Å². The van der Waals surface area contributed by atoms with Crippen molar-refractivity contribution in [2.24, 2.45) is 0 Å². The molecule has 0 saturated carbocycles. The second-order valence-electron chi connectivity index (χ2n) is 14.4. The van der Waals surface area contributed by atoms with E-state index >= 15 is 0 Å². The van der Waals surface area contributed by atoms with Gasteiger partial charge in [-0.15, -0.1) is 11.3 Å². The van der Waals surface area contributed by atoms with Crippen LogP contribution in [0.3, 0.4) is 0 Å². The van der Waals surface area contributed by atoms with Gasteiger partial charge < -0.3 is 4.42 Å². The summed E-state index contributed by atoms with van der Waals surface area (Å²) in [4.78, 5) is 11.1. The minimum absolute atomic E-state index is 0.617. The molecule has 0 N–H and O–H groups in total. The minimum atomic E-state index is 0.617. The summed E-state index contributed by atoms with van der Waals surface area (Å²) < 4.78 is 11.5. The Bertz CT molecular complexity index is 3760. The van der Waals surface area contributed by atoms with E-state index < -0.39 is 0 Å². The molecule has 13 rings (SSSR count). The number of thiophene rings is 1. The maximum atomic E-state index is 6.71. The number of para-hydroxylation sites is 1. The summed E-state index contributed by atoms with van der Waals surface area (Å²) >= 11 is 1.81. The van der Waals surface area contributed by atoms with E-state index in [1.165, 1.54) is 68.6 Å². The Kier molecular flexibility index (Phi) is 5.74. The summed E-state index contributed by atoms with van der Waals surface area (Å²) in [5, 5.41) is 15.6. The van der Waals surface area contributed by atoms with Crippen molar-refractivity contribution < 1.29 is 4.42 Å². The Hall–Kier alpha value is -7.08. The van der Waals surface area contributed by atoms with Crippen molar-refractivity contribution in [3.8, 4) is 17.2 Å². The quantitative estimate of drug-likeness (QED) is 0.167. The van der Waals surface area contributed by atoms with E-state index in [0.717, 1.165) is 44.2 Å². The van der Waals surface area contributed by atoms with Crippen LogP contribution >= 0.6 is 11.3 Å². The SMILES string of the molecule is c1ccc2c(c1)ccc1c3c4c5ccccc5c5ccccc5c4ccc3n(-c3nc(-c4cccc5sc6ccccc6c45)c4oc5ccccc5c4n3)c21. The van der Waals surface area contributed by atoms with Crippen LogP contribution in [-0.4, -0.2) is 14.5 Å². The zero-order chi connectivity index (χ0) is 35.8. The van der Waals surface area contributed by atoms with E-state index in [1.54, 1.807) is 0 Å². The average molecular weight is 718 g/mol. The van der Waals surface area contributed by atoms with Gasteiger partial charge in [-0.1, -0.05) is 133 Å². The van der Waals surface area contributed by atoms with Gasteiger partial charge in [-0.2, -0.15) is 0 Å². The molecule has 0 radical (unpaired) electrons. The van der Waals surface area contributed by atoms with Gasteiger partial charge >= 0.3 is 0 Å². The molecule has 4 nitrogen and oxygen atoms in total. The lowest BCUT2D eigenvalue weighted by Gasteiger charge is -2.13. The second-order valence-corrected chi connectivity index (χ2v) is 15.5. The van der Waals surface area contributed by atoms with Crippen LogP contribution in [-0.2, 0) is 0 Å². The standard InChI is InChI=1S/C50H27N3OS/c1-2-13-29-28(12-1)24-25-38-45-39(27-26-34-32-16-4-3-14-30(32)31-15-5-6-17-33(31)44(34)45)53(48(29)38)50-51-46-35-18-7-9-21-40(35)54-49(46)47(52-50)37-20-11-23-42-43(37)36-19-8-10-22-41(36)55-42/h1-27H. The van der Waals surface area contributed by atoms with Crippen LogP contribution in [0.1, 0.15) is 0 Å². The summed E-state index contributed by atoms with van der Waals surface area (Å²) in [6.07, 6.45) is 0. The molecule has 0 aliphatic carbocycles. The van der Waals surface area contributed by atoms with Gasteiger partial charge in [-0.05, 0) is 62.6 Å². The molecule has 0 aliphatic rings. The summed E-state index contributed by atoms with van der Waals surface area (Å²) in [6, 6.07) is 58.8. The highest BCUT2D eigenvalue weighted by Gasteiger charge is 2.25. The molecule has 0 unspecified atom stereocenters. The topological polar surface area (TPSA) is 43.9 Å². The van der Waals surface area contributed by atoms with Gasteiger partial charge in [0.1, 0.15) is 16.8 Å². The molecule has 9 aromatic carbocycles. The van der Waals surface area contributed by atoms with E-state index in [-0.39, 0.29) is 0 Å². The lowest BCUT2D eigenvalue weighted by Crippen LogP contribution is -2.03. The lowest BCUT2D eigenvalue weighted by molar-refractivity contribution is 0.666. The summed E-state index contributed by atoms with van der Waals surface area (Å²) in [6.45, 7) is 0. The van der Waals surface area contributed by atoms with E-state index in [4.69, 9.17) is 14.4 Å². The molecule has 254 valence electrons. The fourth-order valence-corrected chi connectivity index (χ4v) is 10.4. The zero-order valence-corrected chi connectivity index (χ0v) is 30.1. The molecule has 55 heavy (non-hydrogen) atoms. The predicted octanol–water partition coefficient (Wildman–Crippen LogP) is 14.1. The van der Waals surface area contributed by atoms with Gasteiger partial charge in [0.15, 0.2) is 5.58 Å². The smallest absolute Gasteiger partial charge is 0.236 e. The van der Waals surface area contributed by atoms with Crippen LogP contribution < -0.4 is 0 Å². The van der Waals surface area contributed by atoms with Crippen LogP contribution in [0.4, 0.5) is 0 Å². The third-order valence-electron chi connectivity index (χ3n) is 11.6. The number of hydrogen-bond acceptors (Lipinski definition) is 4. The van der Waals surface area contributed by atoms with Crippen LogP contribution in [0.5, 0.6) is 0 Å². The van der Waals surface area contributed by atoms with Crippen molar-refractivity contribution in [3.63, 3.8) is 0 Å². The number of furan rings is 1. The highest BCUT2D eigenvalue weighted by atomic mass is 32.1. The molecule has 0 amide bonds. The molecule has 0 saturated heterocycles. The highest BCUT2D eigenvalue weighted by Crippen LogP contribution is 2.46. The summed E-state index contributed by atoms with van der Waals surface area (Å²) in [5.74, 6) is 0.617. The minimum Gasteiger partial charge on any atom is -0.452 e. The molecule has 0 spiro atoms. The first-order valence-electron chi connectivity index (χ1n) is 18.6. The Labute approximate surface area is 317 Å². The van der Waals surface area contributed by atoms with Gasteiger partial charge in [-0.25, -0.2) is 9.97 Å². The third-order valence-corrected chi connectivity index (χ3v) is 12.7. The predicted molar refractivity (Wildman–Crippen MR) is 232 cm³/mol.